The number of unbranched alkanes of at least 4 members (excludes halogenated alkanes) is 1. The van der Waals surface area contributed by atoms with E-state index in [1.54, 1.807) is 30.3 Å². The number of carbonyl (C=O) groups is 1. The molecular formula is C22H28F2O5. The SMILES string of the molecule is O=C(O)CCCC=CC[C@@H]1C(O)C[C@@H](O)[C@@H]1C=CC(F)(F)COc1ccccc1. The predicted molar refractivity (Wildman–Crippen MR) is 105 cm³/mol. The van der Waals surface area contributed by atoms with Gasteiger partial charge in [-0.1, -0.05) is 36.4 Å². The van der Waals surface area contributed by atoms with Crippen LogP contribution in [0.15, 0.2) is 54.6 Å². The molecule has 0 radical (unpaired) electrons. The molecule has 3 N–H and O–H groups in total. The fourth-order valence-electron chi connectivity index (χ4n) is 3.45. The predicted octanol–water partition coefficient (Wildman–Crippen LogP) is 3.82. The Bertz CT molecular complexity index is 690. The van der Waals surface area contributed by atoms with Crippen molar-refractivity contribution in [1.29, 1.82) is 0 Å². The topological polar surface area (TPSA) is 87.0 Å². The molecule has 0 bridgehead atoms. The van der Waals surface area contributed by atoms with E-state index in [1.165, 1.54) is 6.08 Å². The van der Waals surface area contributed by atoms with Crippen molar-refractivity contribution in [1.82, 2.24) is 0 Å². The number of aliphatic carboxylic acids is 1. The van der Waals surface area contributed by atoms with Gasteiger partial charge < -0.3 is 20.1 Å². The summed E-state index contributed by atoms with van der Waals surface area (Å²) in [7, 11) is 0. The molecule has 1 aromatic rings. The van der Waals surface area contributed by atoms with Crippen molar-refractivity contribution in [2.24, 2.45) is 11.8 Å². The Morgan fingerprint density at radius 3 is 2.59 bits per heavy atom. The van der Waals surface area contributed by atoms with Crippen LogP contribution in [-0.2, 0) is 4.79 Å². The molecule has 1 aromatic carbocycles. The van der Waals surface area contributed by atoms with Gasteiger partial charge in [-0.05, 0) is 43.4 Å². The Morgan fingerprint density at radius 1 is 1.17 bits per heavy atom. The molecule has 1 unspecified atom stereocenters. The summed E-state index contributed by atoms with van der Waals surface area (Å²) in [6, 6.07) is 8.34. The number of aliphatic hydroxyl groups is 2. The minimum absolute atomic E-state index is 0.0839. The van der Waals surface area contributed by atoms with Crippen LogP contribution in [0.2, 0.25) is 0 Å². The molecule has 29 heavy (non-hydrogen) atoms. The monoisotopic (exact) mass is 410 g/mol. The van der Waals surface area contributed by atoms with Gasteiger partial charge in [0.05, 0.1) is 12.2 Å². The number of hydrogen-bond acceptors (Lipinski definition) is 4. The van der Waals surface area contributed by atoms with Gasteiger partial charge in [0.15, 0.2) is 6.61 Å². The van der Waals surface area contributed by atoms with Crippen molar-refractivity contribution in [2.45, 2.75) is 50.2 Å². The maximum absolute atomic E-state index is 14.2. The first-order chi connectivity index (χ1) is 13.8. The molecule has 0 heterocycles. The molecule has 0 aliphatic heterocycles. The zero-order valence-electron chi connectivity index (χ0n) is 16.2. The first-order valence-corrected chi connectivity index (χ1v) is 9.76. The third-order valence-corrected chi connectivity index (χ3v) is 4.99. The third kappa shape index (κ3) is 7.95. The minimum atomic E-state index is -3.21. The number of para-hydroxylation sites is 1. The van der Waals surface area contributed by atoms with Gasteiger partial charge in [-0.3, -0.25) is 4.79 Å². The largest absolute Gasteiger partial charge is 0.487 e. The van der Waals surface area contributed by atoms with Crippen molar-refractivity contribution in [3.05, 3.63) is 54.6 Å². The highest BCUT2D eigenvalue weighted by atomic mass is 19.3. The lowest BCUT2D eigenvalue weighted by Crippen LogP contribution is -2.25. The van der Waals surface area contributed by atoms with Crippen LogP contribution in [0, 0.1) is 11.8 Å². The number of ether oxygens (including phenoxy) is 1. The zero-order chi connectivity index (χ0) is 21.3. The Hall–Kier alpha value is -2.25. The number of carboxylic acids is 1. The molecule has 1 saturated carbocycles. The van der Waals surface area contributed by atoms with Crippen molar-refractivity contribution in [2.75, 3.05) is 6.61 Å². The number of benzene rings is 1. The number of aliphatic hydroxyl groups excluding tert-OH is 2. The van der Waals surface area contributed by atoms with Gasteiger partial charge in [0, 0.05) is 18.8 Å². The van der Waals surface area contributed by atoms with Crippen molar-refractivity contribution in [3.63, 3.8) is 0 Å². The highest BCUT2D eigenvalue weighted by Crippen LogP contribution is 2.37. The molecule has 1 aliphatic rings. The summed E-state index contributed by atoms with van der Waals surface area (Å²) in [6.45, 7) is -0.812. The Labute approximate surface area is 169 Å². The van der Waals surface area contributed by atoms with Crippen LogP contribution in [-0.4, -0.2) is 46.0 Å². The van der Waals surface area contributed by atoms with E-state index >= 15 is 0 Å². The van der Waals surface area contributed by atoms with Crippen LogP contribution >= 0.6 is 0 Å². The lowest BCUT2D eigenvalue weighted by molar-refractivity contribution is -0.137. The lowest BCUT2D eigenvalue weighted by Gasteiger charge is -2.20. The molecular weight excluding hydrogens is 382 g/mol. The van der Waals surface area contributed by atoms with Gasteiger partial charge in [0.1, 0.15) is 5.75 Å². The second kappa shape index (κ2) is 11.1. The summed E-state index contributed by atoms with van der Waals surface area (Å²) in [4.78, 5) is 10.5. The fourth-order valence-corrected chi connectivity index (χ4v) is 3.45. The summed E-state index contributed by atoms with van der Waals surface area (Å²) in [6.07, 6.45) is 5.73. The molecule has 1 aliphatic carbocycles. The van der Waals surface area contributed by atoms with Crippen LogP contribution < -0.4 is 4.74 Å². The van der Waals surface area contributed by atoms with Gasteiger partial charge >= 0.3 is 5.97 Å². The molecule has 160 valence electrons. The number of rotatable bonds is 11. The van der Waals surface area contributed by atoms with E-state index in [-0.39, 0.29) is 18.8 Å². The van der Waals surface area contributed by atoms with Gasteiger partial charge in [-0.2, -0.15) is 8.78 Å². The van der Waals surface area contributed by atoms with Crippen LogP contribution in [0.5, 0.6) is 5.75 Å². The molecule has 2 rings (SSSR count). The third-order valence-electron chi connectivity index (χ3n) is 4.99. The van der Waals surface area contributed by atoms with E-state index in [1.807, 2.05) is 12.2 Å². The molecule has 0 spiro atoms. The smallest absolute Gasteiger partial charge is 0.303 e. The number of hydrogen-bond donors (Lipinski definition) is 3. The molecule has 0 amide bonds. The number of alkyl halides is 2. The fraction of sp³-hybridized carbons (Fsp3) is 0.500. The van der Waals surface area contributed by atoms with Crippen LogP contribution in [0.3, 0.4) is 0 Å². The van der Waals surface area contributed by atoms with Gasteiger partial charge in [-0.15, -0.1) is 0 Å². The van der Waals surface area contributed by atoms with E-state index < -0.39 is 36.6 Å². The Morgan fingerprint density at radius 2 is 1.90 bits per heavy atom. The maximum Gasteiger partial charge on any atom is 0.303 e. The van der Waals surface area contributed by atoms with Crippen LogP contribution in [0.1, 0.15) is 32.1 Å². The average molecular weight is 410 g/mol. The molecule has 0 saturated heterocycles. The molecule has 0 aromatic heterocycles. The van der Waals surface area contributed by atoms with Crippen LogP contribution in [0.25, 0.3) is 0 Å². The van der Waals surface area contributed by atoms with E-state index in [9.17, 15) is 23.8 Å². The van der Waals surface area contributed by atoms with Crippen molar-refractivity contribution in [3.8, 4) is 5.75 Å². The number of carboxylic acid groups (broad SMARTS) is 1. The van der Waals surface area contributed by atoms with E-state index in [2.05, 4.69) is 0 Å². The first kappa shape index (κ1) is 23.0. The van der Waals surface area contributed by atoms with E-state index in [4.69, 9.17) is 9.84 Å². The number of allylic oxidation sites excluding steroid dienone is 2. The average Bonchev–Trinajstić information content (AvgIpc) is 2.94. The quantitative estimate of drug-likeness (QED) is 0.381. The van der Waals surface area contributed by atoms with Crippen molar-refractivity contribution < 1.29 is 33.6 Å². The first-order valence-electron chi connectivity index (χ1n) is 9.76. The van der Waals surface area contributed by atoms with Crippen LogP contribution in [0.4, 0.5) is 8.78 Å². The summed E-state index contributed by atoms with van der Waals surface area (Å²) in [5.41, 5.74) is 0. The molecule has 1 fully saturated rings. The van der Waals surface area contributed by atoms with E-state index in [0.29, 0.717) is 25.0 Å². The summed E-state index contributed by atoms with van der Waals surface area (Å²) in [5.74, 6) is -4.67. The normalized spacial score (nSPS) is 25.1. The van der Waals surface area contributed by atoms with Gasteiger partial charge in [0.25, 0.3) is 5.92 Å². The molecule has 4 atom stereocenters. The summed E-state index contributed by atoms with van der Waals surface area (Å²) >= 11 is 0. The van der Waals surface area contributed by atoms with Crippen molar-refractivity contribution >= 4 is 5.97 Å². The van der Waals surface area contributed by atoms with Gasteiger partial charge in [0.2, 0.25) is 0 Å². The minimum Gasteiger partial charge on any atom is -0.487 e. The Balaban J connectivity index is 1.89. The maximum atomic E-state index is 14.2. The summed E-state index contributed by atoms with van der Waals surface area (Å²) < 4.78 is 33.4. The number of halogens is 2. The molecule has 7 heteroatoms. The van der Waals surface area contributed by atoms with E-state index in [0.717, 1.165) is 6.08 Å². The second-order valence-corrected chi connectivity index (χ2v) is 7.33. The molecule has 5 nitrogen and oxygen atoms in total. The second-order valence-electron chi connectivity index (χ2n) is 7.33. The summed E-state index contributed by atoms with van der Waals surface area (Å²) in [5, 5.41) is 28.9. The lowest BCUT2D eigenvalue weighted by atomic mass is 9.89. The Kier molecular flexibility index (Phi) is 8.79. The highest BCUT2D eigenvalue weighted by Gasteiger charge is 2.40. The standard InChI is InChI=1S/C22H28F2O5/c23-22(24,15-29-16-8-4-3-5-9-16)13-12-18-17(19(25)14-20(18)26)10-6-1-2-7-11-21(27)28/h1,3-6,8-9,12-13,17-20,25-26H,2,7,10-11,14-15H2,(H,27,28)/t17-,18+,19?,20+/m0/s1. The highest BCUT2D eigenvalue weighted by molar-refractivity contribution is 5.66. The van der Waals surface area contributed by atoms with Gasteiger partial charge in [-0.25, -0.2) is 0 Å². The zero-order valence-corrected chi connectivity index (χ0v) is 16.2.